The van der Waals surface area contributed by atoms with Gasteiger partial charge in [0.1, 0.15) is 28.4 Å². The van der Waals surface area contributed by atoms with Crippen LogP contribution in [0.2, 0.25) is 0 Å². The fraction of sp³-hybridized carbons (Fsp3) is 0.227. The van der Waals surface area contributed by atoms with E-state index in [1.165, 1.54) is 35.9 Å². The van der Waals surface area contributed by atoms with Gasteiger partial charge < -0.3 is 24.5 Å². The van der Waals surface area contributed by atoms with Gasteiger partial charge in [0, 0.05) is 34.2 Å². The van der Waals surface area contributed by atoms with E-state index in [4.69, 9.17) is 9.15 Å². The maximum absolute atomic E-state index is 12.8. The molecule has 9 nitrogen and oxygen atoms in total. The molecular weight excluding hydrogens is 672 g/mol. The summed E-state index contributed by atoms with van der Waals surface area (Å²) in [6, 6.07) is 24.2. The number of hydrogen-bond acceptors (Lipinski definition) is 9. The summed E-state index contributed by atoms with van der Waals surface area (Å²) >= 11 is 0. The second-order valence-electron chi connectivity index (χ2n) is 13.1. The Morgan fingerprint density at radius 1 is 0.811 bits per heavy atom. The molecule has 5 rings (SSSR count). The zero-order chi connectivity index (χ0) is 38.7. The van der Waals surface area contributed by atoms with Crippen molar-refractivity contribution in [2.24, 2.45) is 5.92 Å². The number of allylic oxidation sites excluding steroid dienone is 2. The standard InChI is InChI=1S/C27H32O5.C17H12O4/c1-18(2)9-8-10-19(3)15-16-32-24(29)17-20(4)22-13-14-23(28)25(27(22)31)26(30)21-11-6-5-7-12-21;1-10-9-14(19)21-17-12(10)7-8-13(18)15(17)16(20)11-5-3-2-4-6-11/h5-7,11-14,17,19,28,31H,1,8-10,15-16H2,2-4H3;2-9,18H,1H3/b20-17-;. The molecule has 1 unspecified atom stereocenters. The van der Waals surface area contributed by atoms with Crippen molar-refractivity contribution < 1.29 is 38.9 Å². The van der Waals surface area contributed by atoms with Crippen LogP contribution in [0.5, 0.6) is 17.2 Å². The molecule has 3 N–H and O–H groups in total. The predicted octanol–water partition coefficient (Wildman–Crippen LogP) is 9.09. The van der Waals surface area contributed by atoms with Gasteiger partial charge in [-0.1, -0.05) is 79.6 Å². The number of esters is 1. The second-order valence-corrected chi connectivity index (χ2v) is 13.1. The Hall–Kier alpha value is -6.22. The van der Waals surface area contributed by atoms with Crippen molar-refractivity contribution in [1.82, 2.24) is 0 Å². The third-order valence-corrected chi connectivity index (χ3v) is 8.69. The van der Waals surface area contributed by atoms with E-state index < -0.39 is 17.4 Å². The number of ether oxygens (including phenoxy) is 1. The largest absolute Gasteiger partial charge is 0.507 e. The Balaban J connectivity index is 0.000000256. The van der Waals surface area contributed by atoms with Gasteiger partial charge in [0.15, 0.2) is 5.58 Å². The molecule has 0 aliphatic carbocycles. The highest BCUT2D eigenvalue weighted by molar-refractivity contribution is 6.17. The van der Waals surface area contributed by atoms with E-state index in [-0.39, 0.29) is 45.3 Å². The van der Waals surface area contributed by atoms with E-state index in [2.05, 4.69) is 13.5 Å². The topological polar surface area (TPSA) is 151 Å². The summed E-state index contributed by atoms with van der Waals surface area (Å²) in [7, 11) is 0. The van der Waals surface area contributed by atoms with Crippen LogP contribution in [0.3, 0.4) is 0 Å². The molecule has 1 aromatic heterocycles. The normalized spacial score (nSPS) is 11.7. The van der Waals surface area contributed by atoms with E-state index in [0.29, 0.717) is 40.2 Å². The van der Waals surface area contributed by atoms with Gasteiger partial charge in [-0.05, 0) is 81.4 Å². The van der Waals surface area contributed by atoms with Gasteiger partial charge in [0.05, 0.1) is 6.61 Å². The lowest BCUT2D eigenvalue weighted by Gasteiger charge is -2.12. The van der Waals surface area contributed by atoms with Crippen LogP contribution >= 0.6 is 0 Å². The summed E-state index contributed by atoms with van der Waals surface area (Å²) in [6.45, 7) is 11.8. The third kappa shape index (κ3) is 10.4. The van der Waals surface area contributed by atoms with Crippen LogP contribution in [0.1, 0.15) is 89.4 Å². The molecule has 5 aromatic rings. The molecular formula is C44H44O9. The SMILES string of the molecule is C=C(C)CCCC(C)CCOC(=O)/C=C(/C)c1ccc(O)c(C(=O)c2ccccc2)c1O.Cc1cc(=O)oc2c(C(=O)c3ccccc3)c(O)ccc12. The number of phenols is 3. The minimum Gasteiger partial charge on any atom is -0.507 e. The monoisotopic (exact) mass is 716 g/mol. The number of aryl methyl sites for hydroxylation is 1. The van der Waals surface area contributed by atoms with Gasteiger partial charge in [0.2, 0.25) is 11.6 Å². The molecule has 0 saturated heterocycles. The minimum atomic E-state index is -0.548. The number of phenolic OH excluding ortho intramolecular Hbond substituents is 3. The van der Waals surface area contributed by atoms with E-state index in [0.717, 1.165) is 25.7 Å². The Labute approximate surface area is 308 Å². The number of aromatic hydroxyl groups is 3. The highest BCUT2D eigenvalue weighted by Gasteiger charge is 2.22. The molecule has 0 saturated carbocycles. The summed E-state index contributed by atoms with van der Waals surface area (Å²) < 4.78 is 10.5. The van der Waals surface area contributed by atoms with Crippen LogP contribution in [0.4, 0.5) is 0 Å². The van der Waals surface area contributed by atoms with Gasteiger partial charge in [-0.15, -0.1) is 6.58 Å². The molecule has 53 heavy (non-hydrogen) atoms. The van der Waals surface area contributed by atoms with Crippen LogP contribution in [0, 0.1) is 12.8 Å². The highest BCUT2D eigenvalue weighted by atomic mass is 16.5. The van der Waals surface area contributed by atoms with E-state index in [9.17, 15) is 34.5 Å². The van der Waals surface area contributed by atoms with Crippen molar-refractivity contribution >= 4 is 34.1 Å². The van der Waals surface area contributed by atoms with Crippen LogP contribution < -0.4 is 5.63 Å². The quantitative estimate of drug-likeness (QED) is 0.0356. The van der Waals surface area contributed by atoms with Crippen molar-refractivity contribution in [3.63, 3.8) is 0 Å². The van der Waals surface area contributed by atoms with Gasteiger partial charge in [-0.25, -0.2) is 9.59 Å². The van der Waals surface area contributed by atoms with Crippen molar-refractivity contribution in [2.75, 3.05) is 6.61 Å². The maximum Gasteiger partial charge on any atom is 0.336 e. The second kappa shape index (κ2) is 18.3. The molecule has 4 aromatic carbocycles. The molecule has 9 heteroatoms. The third-order valence-electron chi connectivity index (χ3n) is 8.69. The first-order valence-electron chi connectivity index (χ1n) is 17.3. The molecule has 0 radical (unpaired) electrons. The predicted molar refractivity (Wildman–Crippen MR) is 205 cm³/mol. The lowest BCUT2D eigenvalue weighted by Crippen LogP contribution is -2.07. The van der Waals surface area contributed by atoms with Crippen molar-refractivity contribution in [3.05, 3.63) is 153 Å². The number of hydrogen-bond donors (Lipinski definition) is 3. The fourth-order valence-electron chi connectivity index (χ4n) is 5.74. The zero-order valence-corrected chi connectivity index (χ0v) is 30.3. The molecule has 0 aliphatic heterocycles. The first kappa shape index (κ1) is 39.6. The summed E-state index contributed by atoms with van der Waals surface area (Å²) in [5.74, 6) is -1.85. The van der Waals surface area contributed by atoms with Crippen LogP contribution in [0.25, 0.3) is 16.5 Å². The minimum absolute atomic E-state index is 0.0134. The summed E-state index contributed by atoms with van der Waals surface area (Å²) in [5, 5.41) is 31.5. The van der Waals surface area contributed by atoms with Gasteiger partial charge >= 0.3 is 11.6 Å². The first-order valence-corrected chi connectivity index (χ1v) is 17.3. The molecule has 1 atom stereocenters. The molecule has 1 heterocycles. The summed E-state index contributed by atoms with van der Waals surface area (Å²) in [4.78, 5) is 49.1. The van der Waals surface area contributed by atoms with Crippen LogP contribution in [-0.4, -0.2) is 39.5 Å². The summed E-state index contributed by atoms with van der Waals surface area (Å²) in [5.41, 5.74) is 2.74. The number of carbonyl (C=O) groups excluding carboxylic acids is 3. The number of benzene rings is 4. The molecule has 274 valence electrons. The first-order chi connectivity index (χ1) is 25.3. The Kier molecular flexibility index (Phi) is 13.7. The number of fused-ring (bicyclic) bond motifs is 1. The summed E-state index contributed by atoms with van der Waals surface area (Å²) in [6.07, 6.45) is 5.20. The molecule has 0 fully saturated rings. The van der Waals surface area contributed by atoms with Crippen LogP contribution in [-0.2, 0) is 9.53 Å². The van der Waals surface area contributed by atoms with Gasteiger partial charge in [0.25, 0.3) is 0 Å². The Bertz CT molecular complexity index is 2200. The lowest BCUT2D eigenvalue weighted by molar-refractivity contribution is -0.138. The fourth-order valence-corrected chi connectivity index (χ4v) is 5.74. The molecule has 0 bridgehead atoms. The van der Waals surface area contributed by atoms with Crippen LogP contribution in [0.15, 0.2) is 118 Å². The highest BCUT2D eigenvalue weighted by Crippen LogP contribution is 2.36. The Morgan fingerprint density at radius 2 is 1.38 bits per heavy atom. The number of ketones is 2. The number of carbonyl (C=O) groups is 3. The Morgan fingerprint density at radius 3 is 1.98 bits per heavy atom. The lowest BCUT2D eigenvalue weighted by atomic mass is 9.96. The smallest absolute Gasteiger partial charge is 0.336 e. The molecule has 0 amide bonds. The average Bonchev–Trinajstić information content (AvgIpc) is 3.12. The molecule has 0 spiro atoms. The maximum atomic E-state index is 12.8. The van der Waals surface area contributed by atoms with Gasteiger partial charge in [-0.3, -0.25) is 9.59 Å². The van der Waals surface area contributed by atoms with Crippen molar-refractivity contribution in [2.45, 2.75) is 53.4 Å². The van der Waals surface area contributed by atoms with E-state index in [1.54, 1.807) is 80.6 Å². The molecule has 0 aliphatic rings. The number of rotatable bonds is 13. The van der Waals surface area contributed by atoms with Gasteiger partial charge in [-0.2, -0.15) is 0 Å². The van der Waals surface area contributed by atoms with Crippen molar-refractivity contribution in [1.29, 1.82) is 0 Å². The van der Waals surface area contributed by atoms with Crippen molar-refractivity contribution in [3.8, 4) is 17.2 Å². The van der Waals surface area contributed by atoms with E-state index in [1.807, 2.05) is 6.92 Å². The zero-order valence-electron chi connectivity index (χ0n) is 30.3. The van der Waals surface area contributed by atoms with E-state index >= 15 is 0 Å². The average molecular weight is 717 g/mol.